The van der Waals surface area contributed by atoms with Crippen molar-refractivity contribution in [2.45, 2.75) is 247 Å². The van der Waals surface area contributed by atoms with Crippen LogP contribution in [0.15, 0.2) is 61.5 Å². The third kappa shape index (κ3) is 18.2. The average molecular weight is 996 g/mol. The van der Waals surface area contributed by atoms with Crippen molar-refractivity contribution in [3.63, 3.8) is 0 Å². The van der Waals surface area contributed by atoms with Crippen molar-refractivity contribution < 1.29 is 8.42 Å². The Labute approximate surface area is 428 Å². The third-order valence-corrected chi connectivity index (χ3v) is 15.8. The van der Waals surface area contributed by atoms with E-state index in [0.717, 1.165) is 12.0 Å². The smallest absolute Gasteiger partial charge is 0.196 e. The van der Waals surface area contributed by atoms with Crippen LogP contribution in [0.4, 0.5) is 0 Å². The number of aryl methyl sites for hydroxylation is 1. The van der Waals surface area contributed by atoms with Crippen LogP contribution in [0.5, 0.6) is 0 Å². The highest BCUT2D eigenvalue weighted by atomic mass is 32.2. The summed E-state index contributed by atoms with van der Waals surface area (Å²) < 4.78 is 26.0. The molecule has 2 aliphatic rings. The Kier molecular flexibility index (Phi) is 20.2. The SMILES string of the molecule is CC(C)(C)C1=C(C(C)(C)C)N=CC1.CC(C)(C)C1=C(C(C)(C)C)S(=O)(=O)C=C1.CC(C)(C)c1ccsc1C(C)(C)C.CC(C)(C)c1ncsc1C(C)(C)C.Cn1cnc(C(C)(C)C)c1C(C)(C)C. The maximum atomic E-state index is 11.9. The number of allylic oxidation sites excluding steroid dienone is 5. The van der Waals surface area contributed by atoms with Gasteiger partial charge in [-0.05, 0) is 66.7 Å². The van der Waals surface area contributed by atoms with Crippen molar-refractivity contribution in [2.75, 3.05) is 0 Å². The lowest BCUT2D eigenvalue weighted by Gasteiger charge is -2.27. The third-order valence-electron chi connectivity index (χ3n) is 11.3. The van der Waals surface area contributed by atoms with Crippen LogP contribution < -0.4 is 0 Å². The van der Waals surface area contributed by atoms with Crippen LogP contribution in [0.25, 0.3) is 0 Å². The number of thiazole rings is 1. The van der Waals surface area contributed by atoms with Crippen LogP contribution in [-0.2, 0) is 49.4 Å². The molecule has 3 aromatic heterocycles. The molecule has 3 aromatic rings. The first-order valence-corrected chi connectivity index (χ1v) is 28.1. The molecule has 0 amide bonds. The van der Waals surface area contributed by atoms with Gasteiger partial charge in [0, 0.05) is 67.9 Å². The van der Waals surface area contributed by atoms with E-state index in [2.05, 4.69) is 204 Å². The quantitative estimate of drug-likeness (QED) is 0.225. The summed E-state index contributed by atoms with van der Waals surface area (Å²) in [7, 11) is -1.11. The van der Waals surface area contributed by atoms with E-state index in [1.54, 1.807) is 17.4 Å². The van der Waals surface area contributed by atoms with E-state index < -0.39 is 9.84 Å². The minimum atomic E-state index is -3.18. The van der Waals surface area contributed by atoms with Crippen molar-refractivity contribution in [2.24, 2.45) is 33.7 Å². The summed E-state index contributed by atoms with van der Waals surface area (Å²) >= 11 is 3.66. The molecule has 0 aliphatic carbocycles. The van der Waals surface area contributed by atoms with Crippen molar-refractivity contribution >= 4 is 38.7 Å². The van der Waals surface area contributed by atoms with Gasteiger partial charge in [-0.1, -0.05) is 208 Å². The molecular weight excluding hydrogens is 893 g/mol. The van der Waals surface area contributed by atoms with Crippen molar-refractivity contribution in [3.8, 4) is 0 Å². The van der Waals surface area contributed by atoms with E-state index in [1.165, 1.54) is 49.1 Å². The van der Waals surface area contributed by atoms with E-state index in [4.69, 9.17) is 0 Å². The fraction of sp³-hybridized carbons (Fsp3) is 0.712. The van der Waals surface area contributed by atoms with Crippen LogP contribution in [0.3, 0.4) is 0 Å². The zero-order valence-electron chi connectivity index (χ0n) is 49.6. The Bertz CT molecular complexity index is 2230. The Morgan fingerprint density at radius 3 is 1.29 bits per heavy atom. The topological polar surface area (TPSA) is 77.2 Å². The van der Waals surface area contributed by atoms with Gasteiger partial charge in [0.15, 0.2) is 9.84 Å². The summed E-state index contributed by atoms with van der Waals surface area (Å²) in [6.07, 6.45) is 6.74. The average Bonchev–Trinajstić information content (AvgIpc) is 3.90. The molecule has 0 spiro atoms. The number of aromatic nitrogens is 3. The molecule has 0 saturated heterocycles. The number of thiophene rings is 1. The second kappa shape index (κ2) is 21.6. The van der Waals surface area contributed by atoms with Gasteiger partial charge >= 0.3 is 0 Å². The molecule has 0 atom stereocenters. The van der Waals surface area contributed by atoms with Gasteiger partial charge in [0.2, 0.25) is 0 Å². The highest BCUT2D eigenvalue weighted by Crippen LogP contribution is 2.45. The molecule has 0 bridgehead atoms. The first-order valence-electron chi connectivity index (χ1n) is 24.8. The monoisotopic (exact) mass is 995 g/mol. The minimum Gasteiger partial charge on any atom is -0.337 e. The van der Waals surface area contributed by atoms with Crippen LogP contribution in [-0.4, -0.2) is 29.2 Å². The molecule has 388 valence electrons. The molecule has 0 radical (unpaired) electrons. The number of sulfone groups is 1. The van der Waals surface area contributed by atoms with Gasteiger partial charge in [-0.25, -0.2) is 18.4 Å². The molecule has 2 aliphatic heterocycles. The molecule has 9 heteroatoms. The van der Waals surface area contributed by atoms with Gasteiger partial charge in [-0.3, -0.25) is 4.99 Å². The molecule has 68 heavy (non-hydrogen) atoms. The largest absolute Gasteiger partial charge is 0.337 e. The molecular formula is C59H102N4O2S3. The van der Waals surface area contributed by atoms with Gasteiger partial charge in [-0.2, -0.15) is 0 Å². The lowest BCUT2D eigenvalue weighted by atomic mass is 9.78. The lowest BCUT2D eigenvalue weighted by molar-refractivity contribution is 0.443. The zero-order valence-corrected chi connectivity index (χ0v) is 52.0. The second-order valence-electron chi connectivity index (χ2n) is 29.2. The summed E-state index contributed by atoms with van der Waals surface area (Å²) in [5, 5.41) is 3.54. The summed E-state index contributed by atoms with van der Waals surface area (Å²) in [4.78, 5) is 17.0. The lowest BCUT2D eigenvalue weighted by Crippen LogP contribution is -2.23. The Hall–Kier alpha value is -2.62. The molecule has 0 N–H and O–H groups in total. The zero-order chi connectivity index (χ0) is 54.0. The van der Waals surface area contributed by atoms with Crippen molar-refractivity contribution in [3.05, 3.63) is 88.9 Å². The van der Waals surface area contributed by atoms with Crippen LogP contribution >= 0.6 is 22.7 Å². The Morgan fingerprint density at radius 2 is 1.00 bits per heavy atom. The molecule has 6 nitrogen and oxygen atoms in total. The first kappa shape index (κ1) is 63.4. The number of rotatable bonds is 0. The normalized spacial score (nSPS) is 16.1. The van der Waals surface area contributed by atoms with Crippen LogP contribution in [0, 0.1) is 21.7 Å². The maximum absolute atomic E-state index is 11.9. The highest BCUT2D eigenvalue weighted by Gasteiger charge is 2.38. The fourth-order valence-corrected chi connectivity index (χ4v) is 12.5. The Morgan fingerprint density at radius 1 is 0.515 bits per heavy atom. The Balaban J connectivity index is 0.000000425. The second-order valence-corrected chi connectivity index (χ2v) is 32.7. The standard InChI is InChI=1S/C12H22N2.C12H21N.C12H20O2S.C12H20S.C11H19NS/c1-11(2,3)9-10(12(4,5)6)14(7)8-13-9;1-11(2,3)9-7-8-13-10(9)12(4,5)6;1-11(2,3)9-7-8-15(13,14)10(9)12(4,5)6;1-11(2,3)9-7-8-13-10(9)12(4,5)6;1-10(2,3)8-9(11(4,5)6)13-7-12-8/h8H,1-7H3;8H,7H2,1-6H3;7-8H,1-6H3;7-8H,1-6H3;7H,1-6H3. The molecule has 0 unspecified atom stereocenters. The van der Waals surface area contributed by atoms with E-state index in [1.807, 2.05) is 70.9 Å². The number of imidazole rings is 1. The van der Waals surface area contributed by atoms with Gasteiger partial charge in [0.1, 0.15) is 0 Å². The summed E-state index contributed by atoms with van der Waals surface area (Å²) in [6, 6.07) is 2.27. The van der Waals surface area contributed by atoms with E-state index >= 15 is 0 Å². The molecule has 0 aromatic carbocycles. The van der Waals surface area contributed by atoms with E-state index in [0.29, 0.717) is 4.91 Å². The van der Waals surface area contributed by atoms with Crippen LogP contribution in [0.1, 0.15) is 247 Å². The maximum Gasteiger partial charge on any atom is 0.196 e. The predicted octanol–water partition coefficient (Wildman–Crippen LogP) is 18.2. The number of hydrogen-bond donors (Lipinski definition) is 0. The highest BCUT2D eigenvalue weighted by molar-refractivity contribution is 7.98. The van der Waals surface area contributed by atoms with Crippen LogP contribution in [0.2, 0.25) is 0 Å². The fourth-order valence-electron chi connectivity index (χ4n) is 8.24. The van der Waals surface area contributed by atoms with Gasteiger partial charge in [0.25, 0.3) is 0 Å². The van der Waals surface area contributed by atoms with Crippen molar-refractivity contribution in [1.82, 2.24) is 14.5 Å². The van der Waals surface area contributed by atoms with Gasteiger partial charge in [0.05, 0.1) is 28.1 Å². The minimum absolute atomic E-state index is 0.122. The molecule has 5 heterocycles. The van der Waals surface area contributed by atoms with E-state index in [-0.39, 0.29) is 54.1 Å². The summed E-state index contributed by atoms with van der Waals surface area (Å²) in [5.41, 5.74) is 12.3. The van der Waals surface area contributed by atoms with Crippen molar-refractivity contribution in [1.29, 1.82) is 0 Å². The summed E-state index contributed by atoms with van der Waals surface area (Å²) in [6.45, 7) is 65.9. The first-order chi connectivity index (χ1) is 29.8. The predicted molar refractivity (Wildman–Crippen MR) is 305 cm³/mol. The van der Waals surface area contributed by atoms with E-state index in [9.17, 15) is 8.42 Å². The number of hydrogen-bond acceptors (Lipinski definition) is 7. The summed E-state index contributed by atoms with van der Waals surface area (Å²) in [5.74, 6) is 0. The molecule has 0 saturated carbocycles. The molecule has 0 fully saturated rings. The number of nitrogens with zero attached hydrogens (tertiary/aromatic N) is 4. The van der Waals surface area contributed by atoms with Gasteiger partial charge < -0.3 is 4.57 Å². The molecule has 5 rings (SSSR count). The number of aliphatic imine (C=N–C) groups is 1. The van der Waals surface area contributed by atoms with Gasteiger partial charge in [-0.15, -0.1) is 22.7 Å².